The highest BCUT2D eigenvalue weighted by Crippen LogP contribution is 2.06. The average Bonchev–Trinajstić information content (AvgIpc) is 2.26. The van der Waals surface area contributed by atoms with Gasteiger partial charge in [0.15, 0.2) is 15.6 Å². The van der Waals surface area contributed by atoms with Crippen LogP contribution in [0, 0.1) is 18.3 Å². The van der Waals surface area contributed by atoms with Crippen molar-refractivity contribution in [3.63, 3.8) is 0 Å². The maximum Gasteiger partial charge on any atom is 0.177 e. The molecule has 0 fully saturated rings. The van der Waals surface area contributed by atoms with Gasteiger partial charge in [0.05, 0.1) is 11.8 Å². The Morgan fingerprint density at radius 1 is 1.29 bits per heavy atom. The molecule has 0 aliphatic heterocycles. The Balaban J connectivity index is 2.73. The molecule has 17 heavy (non-hydrogen) atoms. The van der Waals surface area contributed by atoms with E-state index in [9.17, 15) is 13.2 Å². The van der Waals surface area contributed by atoms with Crippen molar-refractivity contribution >= 4 is 15.6 Å². The molecule has 0 amide bonds. The molecular weight excluding hydrogens is 238 g/mol. The summed E-state index contributed by atoms with van der Waals surface area (Å²) < 4.78 is 22.9. The fourth-order valence-electron chi connectivity index (χ4n) is 1.30. The lowest BCUT2D eigenvalue weighted by atomic mass is 10.1. The van der Waals surface area contributed by atoms with Crippen LogP contribution in [0.25, 0.3) is 0 Å². The first-order valence-electron chi connectivity index (χ1n) is 5.12. The maximum absolute atomic E-state index is 11.7. The number of sulfone groups is 1. The van der Waals surface area contributed by atoms with Gasteiger partial charge in [-0.05, 0) is 6.92 Å². The van der Waals surface area contributed by atoms with E-state index in [1.807, 2.05) is 6.92 Å². The van der Waals surface area contributed by atoms with E-state index in [2.05, 4.69) is 0 Å². The number of rotatable bonds is 5. The van der Waals surface area contributed by atoms with Gasteiger partial charge in [-0.2, -0.15) is 5.26 Å². The lowest BCUT2D eigenvalue weighted by Gasteiger charge is -2.02. The summed E-state index contributed by atoms with van der Waals surface area (Å²) in [5, 5.41) is 8.31. The third-order valence-electron chi connectivity index (χ3n) is 2.25. The summed E-state index contributed by atoms with van der Waals surface area (Å²) in [6, 6.07) is 8.49. The van der Waals surface area contributed by atoms with E-state index in [1.165, 1.54) is 0 Å². The Labute approximate surface area is 101 Å². The molecule has 0 aliphatic carbocycles. The molecule has 0 saturated heterocycles. The van der Waals surface area contributed by atoms with Gasteiger partial charge in [-0.25, -0.2) is 8.42 Å². The van der Waals surface area contributed by atoms with Crippen LogP contribution in [0.3, 0.4) is 0 Å². The molecule has 0 aliphatic rings. The van der Waals surface area contributed by atoms with Crippen molar-refractivity contribution in [2.45, 2.75) is 13.3 Å². The molecule has 0 N–H and O–H groups in total. The molecule has 0 heterocycles. The summed E-state index contributed by atoms with van der Waals surface area (Å²) >= 11 is 0. The number of hydrogen-bond donors (Lipinski definition) is 0. The predicted octanol–water partition coefficient (Wildman–Crippen LogP) is 1.51. The van der Waals surface area contributed by atoms with E-state index < -0.39 is 21.4 Å². The van der Waals surface area contributed by atoms with Gasteiger partial charge in [-0.1, -0.05) is 29.8 Å². The Morgan fingerprint density at radius 2 is 1.88 bits per heavy atom. The van der Waals surface area contributed by atoms with Crippen LogP contribution in [0.15, 0.2) is 24.3 Å². The quantitative estimate of drug-likeness (QED) is 0.743. The highest BCUT2D eigenvalue weighted by molar-refractivity contribution is 7.92. The number of benzene rings is 1. The fraction of sp³-hybridized carbons (Fsp3) is 0.333. The maximum atomic E-state index is 11.7. The van der Waals surface area contributed by atoms with Gasteiger partial charge in [-0.3, -0.25) is 4.79 Å². The van der Waals surface area contributed by atoms with Gasteiger partial charge in [-0.15, -0.1) is 0 Å². The monoisotopic (exact) mass is 251 g/mol. The Morgan fingerprint density at radius 3 is 2.41 bits per heavy atom. The molecule has 0 spiro atoms. The second kappa shape index (κ2) is 5.60. The van der Waals surface area contributed by atoms with Gasteiger partial charge in [0.2, 0.25) is 0 Å². The molecule has 0 aromatic heterocycles. The average molecular weight is 251 g/mol. The highest BCUT2D eigenvalue weighted by Gasteiger charge is 2.17. The van der Waals surface area contributed by atoms with Crippen molar-refractivity contribution in [2.24, 2.45) is 0 Å². The molecule has 4 nitrogen and oxygen atoms in total. The van der Waals surface area contributed by atoms with Crippen LogP contribution in [-0.2, 0) is 9.84 Å². The van der Waals surface area contributed by atoms with E-state index in [0.717, 1.165) is 5.56 Å². The molecule has 1 aromatic carbocycles. The molecule has 0 unspecified atom stereocenters. The second-order valence-corrected chi connectivity index (χ2v) is 5.97. The van der Waals surface area contributed by atoms with E-state index in [-0.39, 0.29) is 12.2 Å². The van der Waals surface area contributed by atoms with Crippen molar-refractivity contribution < 1.29 is 13.2 Å². The van der Waals surface area contributed by atoms with Crippen LogP contribution in [0.5, 0.6) is 0 Å². The van der Waals surface area contributed by atoms with Crippen LogP contribution in [0.1, 0.15) is 22.3 Å². The number of ketones is 1. The summed E-state index contributed by atoms with van der Waals surface area (Å²) in [5.74, 6) is -1.22. The molecule has 0 bridgehead atoms. The largest absolute Gasteiger partial charge is 0.293 e. The summed E-state index contributed by atoms with van der Waals surface area (Å²) in [7, 11) is -3.47. The van der Waals surface area contributed by atoms with Crippen LogP contribution in [-0.4, -0.2) is 25.7 Å². The minimum atomic E-state index is -3.47. The first kappa shape index (κ1) is 13.4. The summed E-state index contributed by atoms with van der Waals surface area (Å²) in [4.78, 5) is 11.7. The van der Waals surface area contributed by atoms with E-state index >= 15 is 0 Å². The third kappa shape index (κ3) is 4.37. The fourth-order valence-corrected chi connectivity index (χ4v) is 2.41. The zero-order valence-electron chi connectivity index (χ0n) is 9.51. The third-order valence-corrected chi connectivity index (χ3v) is 3.78. The number of nitriles is 1. The normalized spacial score (nSPS) is 10.8. The summed E-state index contributed by atoms with van der Waals surface area (Å²) in [6.45, 7) is 1.89. The van der Waals surface area contributed by atoms with Crippen molar-refractivity contribution in [1.29, 1.82) is 5.26 Å². The van der Waals surface area contributed by atoms with Crippen molar-refractivity contribution in [2.75, 3.05) is 11.5 Å². The summed E-state index contributed by atoms with van der Waals surface area (Å²) in [5.41, 5.74) is 1.39. The second-order valence-electron chi connectivity index (χ2n) is 3.79. The molecule has 0 atom stereocenters. The zero-order valence-corrected chi connectivity index (χ0v) is 10.3. The van der Waals surface area contributed by atoms with Crippen LogP contribution in [0.2, 0.25) is 0 Å². The van der Waals surface area contributed by atoms with Crippen LogP contribution < -0.4 is 0 Å². The van der Waals surface area contributed by atoms with E-state index in [4.69, 9.17) is 5.26 Å². The minimum Gasteiger partial charge on any atom is -0.293 e. The Bertz CT molecular complexity index is 538. The van der Waals surface area contributed by atoms with Gasteiger partial charge in [0.1, 0.15) is 5.75 Å². The van der Waals surface area contributed by atoms with Crippen LogP contribution >= 0.6 is 0 Å². The lowest BCUT2D eigenvalue weighted by Crippen LogP contribution is -2.18. The molecule has 90 valence electrons. The van der Waals surface area contributed by atoms with E-state index in [0.29, 0.717) is 5.56 Å². The van der Waals surface area contributed by atoms with Gasteiger partial charge >= 0.3 is 0 Å². The van der Waals surface area contributed by atoms with E-state index in [1.54, 1.807) is 30.3 Å². The molecule has 0 radical (unpaired) electrons. The van der Waals surface area contributed by atoms with Gasteiger partial charge in [0, 0.05) is 12.0 Å². The number of carbonyl (C=O) groups excluding carboxylic acids is 1. The lowest BCUT2D eigenvalue weighted by molar-refractivity contribution is 0.102. The molecule has 5 heteroatoms. The first-order chi connectivity index (χ1) is 7.94. The number of Topliss-reactive ketones (excluding diaryl/α,β-unsaturated/α-hetero) is 1. The Hall–Kier alpha value is -1.67. The summed E-state index contributed by atoms with van der Waals surface area (Å²) in [6.07, 6.45) is -0.0799. The molecule has 1 rings (SSSR count). The Kier molecular flexibility index (Phi) is 4.41. The van der Waals surface area contributed by atoms with Gasteiger partial charge in [0.25, 0.3) is 0 Å². The predicted molar refractivity (Wildman–Crippen MR) is 64.4 cm³/mol. The number of nitrogens with zero attached hydrogens (tertiary/aromatic N) is 1. The zero-order chi connectivity index (χ0) is 12.9. The standard InChI is InChI=1S/C12H13NO3S/c1-10-3-5-11(6-4-10)12(14)9-17(15,16)8-2-7-13/h3-6H,2,8-9H2,1H3. The molecule has 1 aromatic rings. The number of carbonyl (C=O) groups is 1. The van der Waals surface area contributed by atoms with Crippen LogP contribution in [0.4, 0.5) is 0 Å². The SMILES string of the molecule is Cc1ccc(C(=O)CS(=O)(=O)CCC#N)cc1. The molecular formula is C12H13NO3S. The van der Waals surface area contributed by atoms with Gasteiger partial charge < -0.3 is 0 Å². The smallest absolute Gasteiger partial charge is 0.177 e. The molecule has 0 saturated carbocycles. The van der Waals surface area contributed by atoms with Crippen molar-refractivity contribution in [3.8, 4) is 6.07 Å². The first-order valence-corrected chi connectivity index (χ1v) is 6.94. The highest BCUT2D eigenvalue weighted by atomic mass is 32.2. The minimum absolute atomic E-state index is 0.0799. The number of aryl methyl sites for hydroxylation is 1. The van der Waals surface area contributed by atoms with Crippen molar-refractivity contribution in [3.05, 3.63) is 35.4 Å². The van der Waals surface area contributed by atoms with Crippen molar-refractivity contribution in [1.82, 2.24) is 0 Å². The topological polar surface area (TPSA) is 75.0 Å². The number of hydrogen-bond acceptors (Lipinski definition) is 4.